The van der Waals surface area contributed by atoms with Crippen LogP contribution in [0.25, 0.3) is 0 Å². The van der Waals surface area contributed by atoms with Gasteiger partial charge in [0, 0.05) is 19.9 Å². The van der Waals surface area contributed by atoms with Crippen LogP contribution in [0, 0.1) is 3.57 Å². The lowest BCUT2D eigenvalue weighted by atomic mass is 10.3. The lowest BCUT2D eigenvalue weighted by Gasteiger charge is -2.06. The maximum absolute atomic E-state index is 4.30. The normalized spacial score (nSPS) is 10.1. The summed E-state index contributed by atoms with van der Waals surface area (Å²) in [5.41, 5.74) is 2.15. The number of rotatable bonds is 3. The molecule has 0 aliphatic carbocycles. The minimum Gasteiger partial charge on any atom is -0.379 e. The number of anilines is 1. The van der Waals surface area contributed by atoms with Crippen molar-refractivity contribution in [3.8, 4) is 0 Å². The van der Waals surface area contributed by atoms with Gasteiger partial charge in [-0.2, -0.15) is 0 Å². The third kappa shape index (κ3) is 3.45. The summed E-state index contributed by atoms with van der Waals surface area (Å²) in [6.07, 6.45) is 1.81. The largest absolute Gasteiger partial charge is 0.379 e. The Morgan fingerprint density at radius 1 is 1.25 bits per heavy atom. The Morgan fingerprint density at radius 3 is 2.81 bits per heavy atom. The molecule has 1 N–H and O–H groups in total. The second-order valence-electron chi connectivity index (χ2n) is 3.33. The van der Waals surface area contributed by atoms with E-state index < -0.39 is 0 Å². The molecule has 16 heavy (non-hydrogen) atoms. The van der Waals surface area contributed by atoms with Gasteiger partial charge in [-0.3, -0.25) is 4.98 Å². The predicted octanol–water partition coefficient (Wildman–Crippen LogP) is 4.06. The molecule has 0 aliphatic rings. The van der Waals surface area contributed by atoms with Crippen LogP contribution < -0.4 is 5.32 Å². The molecular formula is C12H10BrIN2. The van der Waals surface area contributed by atoms with Gasteiger partial charge in [0.15, 0.2) is 0 Å². The first-order chi connectivity index (χ1) is 7.74. The van der Waals surface area contributed by atoms with Crippen molar-refractivity contribution in [1.29, 1.82) is 0 Å². The molecule has 0 fully saturated rings. The Balaban J connectivity index is 1.99. The van der Waals surface area contributed by atoms with E-state index in [0.29, 0.717) is 0 Å². The van der Waals surface area contributed by atoms with E-state index in [9.17, 15) is 0 Å². The van der Waals surface area contributed by atoms with Crippen molar-refractivity contribution in [2.45, 2.75) is 6.54 Å². The van der Waals surface area contributed by atoms with Gasteiger partial charge in [-0.1, -0.05) is 6.07 Å². The van der Waals surface area contributed by atoms with Gasteiger partial charge in [0.05, 0.1) is 12.2 Å². The highest BCUT2D eigenvalue weighted by molar-refractivity contribution is 14.1. The molecule has 1 heterocycles. The smallest absolute Gasteiger partial charge is 0.0595 e. The maximum atomic E-state index is 4.30. The molecule has 0 saturated carbocycles. The number of aromatic nitrogens is 1. The molecule has 2 rings (SSSR count). The summed E-state index contributed by atoms with van der Waals surface area (Å²) in [6, 6.07) is 12.3. The number of nitrogens with zero attached hydrogens (tertiary/aromatic N) is 1. The number of halogens is 2. The molecule has 82 valence electrons. The first kappa shape index (κ1) is 11.9. The molecule has 0 unspecified atom stereocenters. The van der Waals surface area contributed by atoms with Crippen molar-refractivity contribution < 1.29 is 0 Å². The van der Waals surface area contributed by atoms with Crippen LogP contribution in [0.3, 0.4) is 0 Å². The zero-order valence-electron chi connectivity index (χ0n) is 8.45. The quantitative estimate of drug-likeness (QED) is 0.802. The van der Waals surface area contributed by atoms with Crippen molar-refractivity contribution in [2.24, 2.45) is 0 Å². The van der Waals surface area contributed by atoms with Crippen LogP contribution in [-0.4, -0.2) is 4.98 Å². The van der Waals surface area contributed by atoms with Gasteiger partial charge in [0.2, 0.25) is 0 Å². The third-order valence-corrected chi connectivity index (χ3v) is 3.23. The first-order valence-corrected chi connectivity index (χ1v) is 6.71. The van der Waals surface area contributed by atoms with Crippen LogP contribution >= 0.6 is 38.5 Å². The Morgan fingerprint density at radius 2 is 2.12 bits per heavy atom. The zero-order chi connectivity index (χ0) is 11.4. The molecular weight excluding hydrogens is 379 g/mol. The van der Waals surface area contributed by atoms with E-state index in [1.54, 1.807) is 0 Å². The molecule has 0 amide bonds. The van der Waals surface area contributed by atoms with E-state index in [2.05, 4.69) is 67.0 Å². The van der Waals surface area contributed by atoms with E-state index in [-0.39, 0.29) is 0 Å². The summed E-state index contributed by atoms with van der Waals surface area (Å²) < 4.78 is 2.23. The fourth-order valence-corrected chi connectivity index (χ4v) is 2.08. The predicted molar refractivity (Wildman–Crippen MR) is 78.4 cm³/mol. The monoisotopic (exact) mass is 388 g/mol. The summed E-state index contributed by atoms with van der Waals surface area (Å²) >= 11 is 5.67. The van der Waals surface area contributed by atoms with E-state index in [1.165, 1.54) is 3.57 Å². The molecule has 0 bridgehead atoms. The summed E-state index contributed by atoms with van der Waals surface area (Å²) in [6.45, 7) is 0.743. The molecule has 1 aromatic carbocycles. The van der Waals surface area contributed by atoms with E-state index in [0.717, 1.165) is 22.4 Å². The molecule has 0 aliphatic heterocycles. The Hall–Kier alpha value is -0.620. The van der Waals surface area contributed by atoms with Crippen molar-refractivity contribution in [3.63, 3.8) is 0 Å². The van der Waals surface area contributed by atoms with Crippen LogP contribution in [0.4, 0.5) is 5.69 Å². The third-order valence-electron chi connectivity index (χ3n) is 2.09. The lowest BCUT2D eigenvalue weighted by Crippen LogP contribution is -2.01. The highest BCUT2D eigenvalue weighted by Gasteiger charge is 1.96. The Bertz CT molecular complexity index is 471. The average Bonchev–Trinajstić information content (AvgIpc) is 2.28. The number of nitrogens with one attached hydrogen (secondary N) is 1. The highest BCUT2D eigenvalue weighted by Crippen LogP contribution is 2.13. The van der Waals surface area contributed by atoms with Gasteiger partial charge < -0.3 is 5.32 Å². The van der Waals surface area contributed by atoms with Crippen molar-refractivity contribution >= 4 is 44.2 Å². The van der Waals surface area contributed by atoms with Gasteiger partial charge in [0.1, 0.15) is 0 Å². The highest BCUT2D eigenvalue weighted by atomic mass is 127. The zero-order valence-corrected chi connectivity index (χ0v) is 12.2. The maximum Gasteiger partial charge on any atom is 0.0595 e. The molecule has 0 spiro atoms. The average molecular weight is 389 g/mol. The topological polar surface area (TPSA) is 24.9 Å². The summed E-state index contributed by atoms with van der Waals surface area (Å²) in [5, 5.41) is 3.34. The van der Waals surface area contributed by atoms with Gasteiger partial charge in [-0.25, -0.2) is 0 Å². The summed E-state index contributed by atoms with van der Waals surface area (Å²) in [7, 11) is 0. The molecule has 0 radical (unpaired) electrons. The van der Waals surface area contributed by atoms with Gasteiger partial charge in [-0.05, 0) is 68.9 Å². The van der Waals surface area contributed by atoms with Crippen LogP contribution in [0.5, 0.6) is 0 Å². The van der Waals surface area contributed by atoms with E-state index in [1.807, 2.05) is 24.4 Å². The molecule has 0 atom stereocenters. The van der Waals surface area contributed by atoms with Gasteiger partial charge >= 0.3 is 0 Å². The van der Waals surface area contributed by atoms with Gasteiger partial charge in [0.25, 0.3) is 0 Å². The van der Waals surface area contributed by atoms with Crippen LogP contribution in [0.15, 0.2) is 47.1 Å². The van der Waals surface area contributed by atoms with Crippen molar-refractivity contribution in [2.75, 3.05) is 5.32 Å². The van der Waals surface area contributed by atoms with Crippen molar-refractivity contribution in [3.05, 3.63) is 56.3 Å². The minimum atomic E-state index is 0.743. The second-order valence-corrected chi connectivity index (χ2v) is 5.49. The lowest BCUT2D eigenvalue weighted by molar-refractivity contribution is 1.04. The molecule has 2 aromatic rings. The van der Waals surface area contributed by atoms with E-state index in [4.69, 9.17) is 0 Å². The van der Waals surface area contributed by atoms with Crippen LogP contribution in [0.1, 0.15) is 5.69 Å². The second kappa shape index (κ2) is 5.63. The summed E-state index contributed by atoms with van der Waals surface area (Å²) in [4.78, 5) is 4.30. The molecule has 4 heteroatoms. The molecule has 0 saturated heterocycles. The van der Waals surface area contributed by atoms with Gasteiger partial charge in [-0.15, -0.1) is 0 Å². The number of hydrogen-bond donors (Lipinski definition) is 1. The molecule has 2 nitrogen and oxygen atoms in total. The first-order valence-electron chi connectivity index (χ1n) is 4.84. The number of pyridine rings is 1. The standard InChI is InChI=1S/C12H10BrIN2/c13-9-4-5-12(15-7-9)8-16-11-3-1-2-10(14)6-11/h1-7,16H,8H2. The van der Waals surface area contributed by atoms with Crippen LogP contribution in [-0.2, 0) is 6.54 Å². The van der Waals surface area contributed by atoms with Crippen LogP contribution in [0.2, 0.25) is 0 Å². The Labute approximate surface area is 117 Å². The van der Waals surface area contributed by atoms with Crippen molar-refractivity contribution in [1.82, 2.24) is 4.98 Å². The Kier molecular flexibility index (Phi) is 4.17. The van der Waals surface area contributed by atoms with E-state index >= 15 is 0 Å². The number of benzene rings is 1. The fourth-order valence-electron chi connectivity index (χ4n) is 1.30. The molecule has 1 aromatic heterocycles. The SMILES string of the molecule is Brc1ccc(CNc2cccc(I)c2)nc1. The summed E-state index contributed by atoms with van der Waals surface area (Å²) in [5.74, 6) is 0. The minimum absolute atomic E-state index is 0.743. The fraction of sp³-hybridized carbons (Fsp3) is 0.0833. The number of hydrogen-bond acceptors (Lipinski definition) is 2.